The van der Waals surface area contributed by atoms with Crippen LogP contribution in [0, 0.1) is 19.7 Å². The molecule has 0 aliphatic carbocycles. The van der Waals surface area contributed by atoms with E-state index in [9.17, 15) is 9.50 Å². The third-order valence-electron chi connectivity index (χ3n) is 2.38. The van der Waals surface area contributed by atoms with Gasteiger partial charge in [0.1, 0.15) is 5.82 Å². The van der Waals surface area contributed by atoms with Gasteiger partial charge in [0, 0.05) is 0 Å². The summed E-state index contributed by atoms with van der Waals surface area (Å²) >= 11 is 0. The highest BCUT2D eigenvalue weighted by Gasteiger charge is 2.19. The van der Waals surface area contributed by atoms with Crippen LogP contribution in [0.25, 0.3) is 0 Å². The van der Waals surface area contributed by atoms with Crippen molar-refractivity contribution in [2.45, 2.75) is 33.3 Å². The molecular weight excluding hydrogens is 167 g/mol. The maximum absolute atomic E-state index is 13.1. The fourth-order valence-corrected chi connectivity index (χ4v) is 1.45. The Bertz CT molecular complexity index is 324. The summed E-state index contributed by atoms with van der Waals surface area (Å²) < 4.78 is 13.1. The molecule has 0 spiro atoms. The van der Waals surface area contributed by atoms with E-state index in [1.54, 1.807) is 26.8 Å². The van der Waals surface area contributed by atoms with Crippen LogP contribution in [-0.4, -0.2) is 5.11 Å². The third kappa shape index (κ3) is 1.89. The van der Waals surface area contributed by atoms with E-state index in [1.807, 2.05) is 6.92 Å². The van der Waals surface area contributed by atoms with Gasteiger partial charge in [-0.15, -0.1) is 0 Å². The zero-order valence-electron chi connectivity index (χ0n) is 8.48. The van der Waals surface area contributed by atoms with Crippen LogP contribution in [0.5, 0.6) is 0 Å². The van der Waals surface area contributed by atoms with E-state index < -0.39 is 5.60 Å². The molecule has 0 aliphatic rings. The lowest BCUT2D eigenvalue weighted by atomic mass is 9.91. The number of rotatable bonds is 1. The molecule has 0 aromatic heterocycles. The van der Waals surface area contributed by atoms with Gasteiger partial charge in [-0.1, -0.05) is 6.07 Å². The summed E-state index contributed by atoms with van der Waals surface area (Å²) in [5.74, 6) is -0.217. The lowest BCUT2D eigenvalue weighted by molar-refractivity contribution is 0.0777. The van der Waals surface area contributed by atoms with E-state index >= 15 is 0 Å². The molecule has 2 heteroatoms. The fourth-order valence-electron chi connectivity index (χ4n) is 1.45. The minimum atomic E-state index is -0.900. The first-order valence-corrected chi connectivity index (χ1v) is 4.32. The van der Waals surface area contributed by atoms with Gasteiger partial charge in [-0.3, -0.25) is 0 Å². The molecule has 1 N–H and O–H groups in total. The van der Waals surface area contributed by atoms with Crippen LogP contribution in [0.1, 0.15) is 30.5 Å². The summed E-state index contributed by atoms with van der Waals surface area (Å²) in [6.45, 7) is 6.95. The molecule has 0 aliphatic heterocycles. The molecule has 0 radical (unpaired) electrons. The summed E-state index contributed by atoms with van der Waals surface area (Å²) in [6.07, 6.45) is 0. The highest BCUT2D eigenvalue weighted by Crippen LogP contribution is 2.26. The van der Waals surface area contributed by atoms with Gasteiger partial charge in [-0.25, -0.2) is 4.39 Å². The SMILES string of the molecule is Cc1c(F)ccc(C(C)(C)O)c1C. The van der Waals surface area contributed by atoms with E-state index in [4.69, 9.17) is 0 Å². The molecule has 0 bridgehead atoms. The lowest BCUT2D eigenvalue weighted by Gasteiger charge is -2.21. The first-order valence-electron chi connectivity index (χ1n) is 4.32. The van der Waals surface area contributed by atoms with E-state index in [0.29, 0.717) is 5.56 Å². The average Bonchev–Trinajstić information content (AvgIpc) is 1.98. The minimum Gasteiger partial charge on any atom is -0.386 e. The molecule has 13 heavy (non-hydrogen) atoms. The van der Waals surface area contributed by atoms with Crippen molar-refractivity contribution in [3.63, 3.8) is 0 Å². The van der Waals surface area contributed by atoms with Crippen molar-refractivity contribution >= 4 is 0 Å². The van der Waals surface area contributed by atoms with Crippen molar-refractivity contribution in [1.29, 1.82) is 0 Å². The number of hydrogen-bond donors (Lipinski definition) is 1. The van der Waals surface area contributed by atoms with Crippen LogP contribution in [0.4, 0.5) is 4.39 Å². The zero-order chi connectivity index (χ0) is 10.2. The van der Waals surface area contributed by atoms with Crippen LogP contribution < -0.4 is 0 Å². The largest absolute Gasteiger partial charge is 0.386 e. The minimum absolute atomic E-state index is 0.217. The van der Waals surface area contributed by atoms with Gasteiger partial charge in [0.05, 0.1) is 5.60 Å². The maximum Gasteiger partial charge on any atom is 0.126 e. The first kappa shape index (κ1) is 10.2. The second-order valence-electron chi connectivity index (χ2n) is 3.90. The van der Waals surface area contributed by atoms with Crippen molar-refractivity contribution in [2.24, 2.45) is 0 Å². The second kappa shape index (κ2) is 3.11. The van der Waals surface area contributed by atoms with Gasteiger partial charge in [0.25, 0.3) is 0 Å². The number of hydrogen-bond acceptors (Lipinski definition) is 1. The summed E-state index contributed by atoms with van der Waals surface area (Å²) in [5, 5.41) is 9.76. The van der Waals surface area contributed by atoms with Gasteiger partial charge in [0.15, 0.2) is 0 Å². The van der Waals surface area contributed by atoms with Crippen LogP contribution in [0.2, 0.25) is 0 Å². The zero-order valence-corrected chi connectivity index (χ0v) is 8.48. The van der Waals surface area contributed by atoms with Gasteiger partial charge in [-0.05, 0) is 50.5 Å². The molecule has 0 amide bonds. The standard InChI is InChI=1S/C11H15FO/c1-7-8(2)10(12)6-5-9(7)11(3,4)13/h5-6,13H,1-4H3. The Morgan fingerprint density at radius 1 is 1.15 bits per heavy atom. The van der Waals surface area contributed by atoms with Crippen molar-refractivity contribution in [3.05, 3.63) is 34.6 Å². The Hall–Kier alpha value is -0.890. The van der Waals surface area contributed by atoms with Crippen LogP contribution in [0.3, 0.4) is 0 Å². The highest BCUT2D eigenvalue weighted by molar-refractivity contribution is 5.37. The normalized spacial score (nSPS) is 11.8. The first-order chi connectivity index (χ1) is 5.84. The molecule has 0 saturated carbocycles. The topological polar surface area (TPSA) is 20.2 Å². The van der Waals surface area contributed by atoms with E-state index in [0.717, 1.165) is 11.1 Å². The predicted octanol–water partition coefficient (Wildman–Crippen LogP) is 2.67. The van der Waals surface area contributed by atoms with Crippen molar-refractivity contribution < 1.29 is 9.50 Å². The Labute approximate surface area is 78.2 Å². The summed E-state index contributed by atoms with van der Waals surface area (Å²) in [6, 6.07) is 3.04. The Morgan fingerprint density at radius 2 is 1.69 bits per heavy atom. The summed E-state index contributed by atoms with van der Waals surface area (Å²) in [7, 11) is 0. The molecule has 1 nitrogen and oxygen atoms in total. The monoisotopic (exact) mass is 182 g/mol. The highest BCUT2D eigenvalue weighted by atomic mass is 19.1. The smallest absolute Gasteiger partial charge is 0.126 e. The van der Waals surface area contributed by atoms with E-state index in [2.05, 4.69) is 0 Å². The quantitative estimate of drug-likeness (QED) is 0.708. The summed E-state index contributed by atoms with van der Waals surface area (Å²) in [4.78, 5) is 0. The molecule has 72 valence electrons. The Morgan fingerprint density at radius 3 is 2.15 bits per heavy atom. The van der Waals surface area contributed by atoms with Crippen LogP contribution >= 0.6 is 0 Å². The number of aliphatic hydroxyl groups is 1. The van der Waals surface area contributed by atoms with Crippen molar-refractivity contribution in [3.8, 4) is 0 Å². The molecule has 1 rings (SSSR count). The molecule has 1 aromatic carbocycles. The van der Waals surface area contributed by atoms with Gasteiger partial charge in [-0.2, -0.15) is 0 Å². The van der Waals surface area contributed by atoms with Gasteiger partial charge < -0.3 is 5.11 Å². The Balaban J connectivity index is 3.35. The van der Waals surface area contributed by atoms with E-state index in [-0.39, 0.29) is 5.82 Å². The van der Waals surface area contributed by atoms with E-state index in [1.165, 1.54) is 6.07 Å². The molecule has 0 heterocycles. The maximum atomic E-state index is 13.1. The predicted molar refractivity (Wildman–Crippen MR) is 51.1 cm³/mol. The van der Waals surface area contributed by atoms with Crippen molar-refractivity contribution in [2.75, 3.05) is 0 Å². The molecule has 1 aromatic rings. The third-order valence-corrected chi connectivity index (χ3v) is 2.38. The lowest BCUT2D eigenvalue weighted by Crippen LogP contribution is -2.17. The number of halogens is 1. The molecule has 0 saturated heterocycles. The molecule has 0 unspecified atom stereocenters. The van der Waals surface area contributed by atoms with Gasteiger partial charge >= 0.3 is 0 Å². The van der Waals surface area contributed by atoms with Crippen LogP contribution in [0.15, 0.2) is 12.1 Å². The van der Waals surface area contributed by atoms with Gasteiger partial charge in [0.2, 0.25) is 0 Å². The Kier molecular flexibility index (Phi) is 2.44. The number of benzene rings is 1. The molecule has 0 fully saturated rings. The average molecular weight is 182 g/mol. The summed E-state index contributed by atoms with van der Waals surface area (Å²) in [5.41, 5.74) is 1.32. The van der Waals surface area contributed by atoms with Crippen LogP contribution in [-0.2, 0) is 5.60 Å². The fraction of sp³-hybridized carbons (Fsp3) is 0.455. The second-order valence-corrected chi connectivity index (χ2v) is 3.90. The van der Waals surface area contributed by atoms with Crippen molar-refractivity contribution in [1.82, 2.24) is 0 Å². The molecular formula is C11H15FO. The molecule has 0 atom stereocenters.